The summed E-state index contributed by atoms with van der Waals surface area (Å²) < 4.78 is 58.7. The molecule has 0 aromatic heterocycles. The number of alkyl halides is 3. The smallest absolute Gasteiger partial charge is 0.406 e. The normalized spacial score (nSPS) is 22.0. The largest absolute Gasteiger partial charge is 0.573 e. The van der Waals surface area contributed by atoms with E-state index in [4.69, 9.17) is 10.00 Å². The van der Waals surface area contributed by atoms with Crippen LogP contribution in [0.1, 0.15) is 31.2 Å². The van der Waals surface area contributed by atoms with Crippen LogP contribution in [0.4, 0.5) is 17.6 Å². The van der Waals surface area contributed by atoms with Crippen LogP contribution in [0.2, 0.25) is 0 Å². The van der Waals surface area contributed by atoms with Crippen LogP contribution in [0, 0.1) is 17.2 Å². The van der Waals surface area contributed by atoms with E-state index in [1.165, 1.54) is 36.4 Å². The molecule has 0 spiro atoms. The minimum atomic E-state index is -4.70. The molecule has 2 rings (SSSR count). The first-order chi connectivity index (χ1) is 11.4. The third kappa shape index (κ3) is 6.20. The van der Waals surface area contributed by atoms with Gasteiger partial charge in [0.2, 0.25) is 0 Å². The van der Waals surface area contributed by atoms with Gasteiger partial charge in [0.1, 0.15) is 11.8 Å². The van der Waals surface area contributed by atoms with Gasteiger partial charge >= 0.3 is 6.36 Å². The van der Waals surface area contributed by atoms with Crippen molar-refractivity contribution in [2.75, 3.05) is 0 Å². The molecule has 0 unspecified atom stereocenters. The average molecular weight is 343 g/mol. The molecule has 1 fully saturated rings. The second-order valence-electron chi connectivity index (χ2n) is 5.67. The number of halogens is 4. The van der Waals surface area contributed by atoms with Crippen LogP contribution in [-0.2, 0) is 11.3 Å². The van der Waals surface area contributed by atoms with Gasteiger partial charge in [0.05, 0.1) is 12.7 Å². The molecule has 0 heterocycles. The van der Waals surface area contributed by atoms with Gasteiger partial charge in [-0.3, -0.25) is 0 Å². The van der Waals surface area contributed by atoms with Crippen LogP contribution in [0.15, 0.2) is 36.2 Å². The van der Waals surface area contributed by atoms with Gasteiger partial charge in [0.15, 0.2) is 5.83 Å². The van der Waals surface area contributed by atoms with Crippen LogP contribution in [0.25, 0.3) is 0 Å². The Bertz CT molecular complexity index is 597. The number of rotatable bonds is 5. The quantitative estimate of drug-likeness (QED) is 0.556. The summed E-state index contributed by atoms with van der Waals surface area (Å²) in [7, 11) is 0. The second-order valence-corrected chi connectivity index (χ2v) is 5.67. The molecule has 130 valence electrons. The van der Waals surface area contributed by atoms with Crippen LogP contribution in [0.5, 0.6) is 5.75 Å². The van der Waals surface area contributed by atoms with Gasteiger partial charge in [-0.05, 0) is 55.4 Å². The van der Waals surface area contributed by atoms with Crippen molar-refractivity contribution < 1.29 is 27.0 Å². The molecule has 0 amide bonds. The summed E-state index contributed by atoms with van der Waals surface area (Å²) in [5.41, 5.74) is 0.752. The summed E-state index contributed by atoms with van der Waals surface area (Å²) in [5.74, 6) is -0.957. The first kappa shape index (κ1) is 18.3. The van der Waals surface area contributed by atoms with Gasteiger partial charge < -0.3 is 9.47 Å². The number of nitriles is 1. The molecule has 0 bridgehead atoms. The fourth-order valence-electron chi connectivity index (χ4n) is 2.67. The Labute approximate surface area is 137 Å². The lowest BCUT2D eigenvalue weighted by atomic mass is 9.87. The van der Waals surface area contributed by atoms with E-state index in [2.05, 4.69) is 4.74 Å². The molecular formula is C17H17F4NO2. The van der Waals surface area contributed by atoms with Gasteiger partial charge in [-0.25, -0.2) is 0 Å². The van der Waals surface area contributed by atoms with Crippen molar-refractivity contribution in [2.24, 2.45) is 5.92 Å². The molecule has 24 heavy (non-hydrogen) atoms. The Morgan fingerprint density at radius 2 is 1.79 bits per heavy atom. The summed E-state index contributed by atoms with van der Waals surface area (Å²) in [6, 6.07) is 7.02. The molecule has 1 aromatic carbocycles. The number of nitrogens with zero attached hydrogens (tertiary/aromatic N) is 1. The fourth-order valence-corrected chi connectivity index (χ4v) is 2.67. The molecule has 0 radical (unpaired) electrons. The van der Waals surface area contributed by atoms with Crippen LogP contribution in [0.3, 0.4) is 0 Å². The molecule has 7 heteroatoms. The number of hydrogen-bond donors (Lipinski definition) is 0. The van der Waals surface area contributed by atoms with Crippen molar-refractivity contribution in [3.8, 4) is 11.8 Å². The summed E-state index contributed by atoms with van der Waals surface area (Å²) in [6.45, 7) is 0.296. The zero-order chi connectivity index (χ0) is 17.6. The Kier molecular flexibility index (Phi) is 6.21. The Morgan fingerprint density at radius 3 is 2.33 bits per heavy atom. The van der Waals surface area contributed by atoms with Crippen molar-refractivity contribution >= 4 is 0 Å². The minimum Gasteiger partial charge on any atom is -0.406 e. The van der Waals surface area contributed by atoms with E-state index in [1.807, 2.05) is 0 Å². The molecular weight excluding hydrogens is 326 g/mol. The summed E-state index contributed by atoms with van der Waals surface area (Å²) in [5, 5.41) is 8.42. The Hall–Kier alpha value is -2.07. The zero-order valence-electron chi connectivity index (χ0n) is 12.9. The Morgan fingerprint density at radius 1 is 1.17 bits per heavy atom. The maximum atomic E-state index is 12.9. The van der Waals surface area contributed by atoms with E-state index in [0.717, 1.165) is 31.2 Å². The standard InChI is InChI=1S/C17H17F4NO2/c18-14(10-22)9-12-1-5-15(6-2-12)23-11-13-3-7-16(8-4-13)24-17(19,20)21/h3-4,7-9,12,15H,1-2,5-6,11H2/t12-,15-. The highest BCUT2D eigenvalue weighted by molar-refractivity contribution is 5.27. The van der Waals surface area contributed by atoms with Crippen molar-refractivity contribution in [2.45, 2.75) is 44.8 Å². The van der Waals surface area contributed by atoms with E-state index >= 15 is 0 Å². The van der Waals surface area contributed by atoms with E-state index in [0.29, 0.717) is 6.61 Å². The van der Waals surface area contributed by atoms with Crippen molar-refractivity contribution in [3.63, 3.8) is 0 Å². The van der Waals surface area contributed by atoms with Crippen molar-refractivity contribution in [1.29, 1.82) is 5.26 Å². The lowest BCUT2D eigenvalue weighted by Crippen LogP contribution is -2.21. The van der Waals surface area contributed by atoms with Gasteiger partial charge in [-0.1, -0.05) is 12.1 Å². The number of ether oxygens (including phenoxy) is 2. The second kappa shape index (κ2) is 8.15. The van der Waals surface area contributed by atoms with Gasteiger partial charge in [0, 0.05) is 0 Å². The zero-order valence-corrected chi connectivity index (χ0v) is 12.9. The molecule has 1 aromatic rings. The predicted molar refractivity (Wildman–Crippen MR) is 78.5 cm³/mol. The highest BCUT2D eigenvalue weighted by Crippen LogP contribution is 2.29. The van der Waals surface area contributed by atoms with E-state index in [1.54, 1.807) is 0 Å². The molecule has 3 nitrogen and oxygen atoms in total. The third-order valence-electron chi connectivity index (χ3n) is 3.85. The number of hydrogen-bond acceptors (Lipinski definition) is 3. The molecule has 1 aliphatic carbocycles. The van der Waals surface area contributed by atoms with Crippen LogP contribution in [-0.4, -0.2) is 12.5 Å². The maximum absolute atomic E-state index is 12.9. The molecule has 0 atom stereocenters. The summed E-state index contributed by atoms with van der Waals surface area (Å²) in [6.07, 6.45) is -0.294. The number of allylic oxidation sites excluding steroid dienone is 2. The summed E-state index contributed by atoms with van der Waals surface area (Å²) >= 11 is 0. The molecule has 1 aliphatic rings. The lowest BCUT2D eigenvalue weighted by molar-refractivity contribution is -0.274. The molecule has 1 saturated carbocycles. The predicted octanol–water partition coefficient (Wildman–Crippen LogP) is 5.04. The summed E-state index contributed by atoms with van der Waals surface area (Å²) in [4.78, 5) is 0. The Balaban J connectivity index is 1.76. The maximum Gasteiger partial charge on any atom is 0.573 e. The van der Waals surface area contributed by atoms with Crippen molar-refractivity contribution in [3.05, 3.63) is 41.7 Å². The van der Waals surface area contributed by atoms with E-state index < -0.39 is 12.2 Å². The third-order valence-corrected chi connectivity index (χ3v) is 3.85. The first-order valence-electron chi connectivity index (χ1n) is 7.59. The minimum absolute atomic E-state index is 0.0332. The van der Waals surface area contributed by atoms with Gasteiger partial charge in [-0.2, -0.15) is 9.65 Å². The lowest BCUT2D eigenvalue weighted by Gasteiger charge is -2.26. The van der Waals surface area contributed by atoms with Gasteiger partial charge in [0.25, 0.3) is 0 Å². The fraction of sp³-hybridized carbons (Fsp3) is 0.471. The van der Waals surface area contributed by atoms with Gasteiger partial charge in [-0.15, -0.1) is 13.2 Å². The van der Waals surface area contributed by atoms with E-state index in [-0.39, 0.29) is 17.8 Å². The molecule has 0 saturated heterocycles. The van der Waals surface area contributed by atoms with Crippen molar-refractivity contribution in [1.82, 2.24) is 0 Å². The average Bonchev–Trinajstić information content (AvgIpc) is 2.54. The first-order valence-corrected chi connectivity index (χ1v) is 7.59. The molecule has 0 N–H and O–H groups in total. The highest BCUT2D eigenvalue weighted by atomic mass is 19.4. The SMILES string of the molecule is N#CC(F)=C[C@H]1CC[C@H](OCc2ccc(OC(F)(F)F)cc2)CC1. The molecule has 0 aliphatic heterocycles. The van der Waals surface area contributed by atoms with Crippen LogP contribution < -0.4 is 4.74 Å². The number of benzene rings is 1. The highest BCUT2D eigenvalue weighted by Gasteiger charge is 2.31. The monoisotopic (exact) mass is 343 g/mol. The topological polar surface area (TPSA) is 42.2 Å². The van der Waals surface area contributed by atoms with Crippen LogP contribution >= 0.6 is 0 Å². The van der Waals surface area contributed by atoms with E-state index in [9.17, 15) is 17.6 Å².